The molecule has 0 radical (unpaired) electrons. The summed E-state index contributed by atoms with van der Waals surface area (Å²) < 4.78 is 40.2. The number of carbonyl (C=O) groups is 2. The fourth-order valence-electron chi connectivity index (χ4n) is 3.43. The predicted octanol–water partition coefficient (Wildman–Crippen LogP) is 1.48. The van der Waals surface area contributed by atoms with Crippen LogP contribution in [0.5, 0.6) is 0 Å². The third-order valence-electron chi connectivity index (χ3n) is 5.02. The topological polar surface area (TPSA) is 76.9 Å². The molecule has 0 bridgehead atoms. The van der Waals surface area contributed by atoms with Crippen molar-refractivity contribution in [2.24, 2.45) is 5.92 Å². The number of carbonyl (C=O) groups excluding carboxylic acids is 2. The van der Waals surface area contributed by atoms with E-state index in [1.807, 2.05) is 4.57 Å². The summed E-state index contributed by atoms with van der Waals surface area (Å²) in [6.07, 6.45) is 3.64. The summed E-state index contributed by atoms with van der Waals surface area (Å²) in [4.78, 5) is 30.3. The number of anilines is 1. The van der Waals surface area contributed by atoms with Crippen molar-refractivity contribution in [2.75, 3.05) is 30.7 Å². The van der Waals surface area contributed by atoms with Crippen molar-refractivity contribution in [3.63, 3.8) is 0 Å². The monoisotopic (exact) mass is 438 g/mol. The molecule has 3 heterocycles. The van der Waals surface area contributed by atoms with Gasteiger partial charge in [0.05, 0.1) is 18.7 Å². The summed E-state index contributed by atoms with van der Waals surface area (Å²) in [7, 11) is 0.417. The Morgan fingerprint density at radius 1 is 1.27 bits per heavy atom. The van der Waals surface area contributed by atoms with Gasteiger partial charge < -0.3 is 13.9 Å². The summed E-state index contributed by atoms with van der Waals surface area (Å²) >= 11 is 0.881. The number of alkyl halides is 2. The van der Waals surface area contributed by atoms with Crippen molar-refractivity contribution >= 4 is 53.4 Å². The Kier molecular flexibility index (Phi) is 5.87. The van der Waals surface area contributed by atoms with Gasteiger partial charge in [-0.1, -0.05) is 0 Å². The van der Waals surface area contributed by atoms with Crippen LogP contribution in [0, 0.1) is 5.92 Å². The van der Waals surface area contributed by atoms with Crippen molar-refractivity contribution in [3.8, 4) is 0 Å². The Labute approximate surface area is 176 Å². The van der Waals surface area contributed by atoms with Gasteiger partial charge in [-0.2, -0.15) is 8.78 Å². The van der Waals surface area contributed by atoms with Gasteiger partial charge in [-0.05, 0) is 56.0 Å². The molecule has 30 heavy (non-hydrogen) atoms. The van der Waals surface area contributed by atoms with Crippen LogP contribution in [0.4, 0.5) is 14.6 Å². The largest absolute Gasteiger partial charge is 0.654 e. The molecule has 2 aliphatic rings. The van der Waals surface area contributed by atoms with Crippen LogP contribution in [0.25, 0.3) is 11.0 Å². The Morgan fingerprint density at radius 3 is 2.50 bits per heavy atom. The van der Waals surface area contributed by atoms with Gasteiger partial charge in [0, 0.05) is 18.2 Å². The summed E-state index contributed by atoms with van der Waals surface area (Å²) in [6.45, 7) is -2.20. The molecule has 0 unspecified atom stereocenters. The molecule has 8 nitrogen and oxygen atoms in total. The number of fused-ring (bicyclic) bond motifs is 1. The quantitative estimate of drug-likeness (QED) is 0.382. The molecular formula is C18H21BF2N4O4S. The molecular weight excluding hydrogens is 417 g/mol. The summed E-state index contributed by atoms with van der Waals surface area (Å²) in [5.74, 6) is -0.487. The predicted molar refractivity (Wildman–Crippen MR) is 110 cm³/mol. The molecule has 0 amide bonds. The van der Waals surface area contributed by atoms with Crippen LogP contribution in [0.3, 0.4) is 0 Å². The van der Waals surface area contributed by atoms with Crippen molar-refractivity contribution in [2.45, 2.75) is 25.9 Å². The average Bonchev–Trinajstić information content (AvgIpc) is 3.41. The number of nitrogens with zero attached hydrogens (tertiary/aromatic N) is 4. The second kappa shape index (κ2) is 8.42. The van der Waals surface area contributed by atoms with E-state index >= 15 is 0 Å². The minimum absolute atomic E-state index is 0.0338. The van der Waals surface area contributed by atoms with Gasteiger partial charge in [-0.15, -0.1) is 0 Å². The van der Waals surface area contributed by atoms with E-state index in [9.17, 15) is 18.4 Å². The van der Waals surface area contributed by atoms with Crippen LogP contribution in [-0.2, 0) is 25.4 Å². The molecule has 2 aromatic heterocycles. The molecule has 0 N–H and O–H groups in total. The van der Waals surface area contributed by atoms with Crippen LogP contribution in [0.2, 0.25) is 0 Å². The second-order valence-electron chi connectivity index (χ2n) is 7.48. The molecule has 1 aliphatic heterocycles. The van der Waals surface area contributed by atoms with E-state index in [1.54, 1.807) is 25.4 Å². The van der Waals surface area contributed by atoms with E-state index in [4.69, 9.17) is 9.31 Å². The molecule has 1 saturated carbocycles. The lowest BCUT2D eigenvalue weighted by molar-refractivity contribution is -0.145. The molecule has 1 aliphatic carbocycles. The first-order valence-electron chi connectivity index (χ1n) is 9.55. The first-order chi connectivity index (χ1) is 14.4. The molecule has 4 rings (SSSR count). The molecule has 1 saturated heterocycles. The van der Waals surface area contributed by atoms with Crippen molar-refractivity contribution in [3.05, 3.63) is 18.2 Å². The van der Waals surface area contributed by atoms with Gasteiger partial charge in [0.15, 0.2) is 0 Å². The van der Waals surface area contributed by atoms with Gasteiger partial charge in [-0.25, -0.2) is 9.29 Å². The van der Waals surface area contributed by atoms with E-state index in [1.165, 1.54) is 11.0 Å². The first-order valence-corrected chi connectivity index (χ1v) is 10.7. The maximum atomic E-state index is 13.3. The first kappa shape index (κ1) is 20.9. The lowest BCUT2D eigenvalue weighted by Gasteiger charge is -2.23. The van der Waals surface area contributed by atoms with Crippen LogP contribution < -0.4 is 9.90 Å². The molecule has 0 spiro atoms. The highest BCUT2D eigenvalue weighted by Crippen LogP contribution is 2.32. The number of rotatable bonds is 6. The van der Waals surface area contributed by atoms with Crippen LogP contribution in [0.1, 0.15) is 12.8 Å². The van der Waals surface area contributed by atoms with Crippen LogP contribution >= 0.6 is 11.9 Å². The number of pyridine rings is 1. The SMILES string of the molecule is CSN(c1ccc2cc(B3OC(=O)CN(C)CC(=O)O3)n(CC3CC3)c2n1)C(F)F. The summed E-state index contributed by atoms with van der Waals surface area (Å²) in [5.41, 5.74) is 0.959. The number of hydrogen-bond acceptors (Lipinski definition) is 8. The normalized spacial score (nSPS) is 18.4. The highest BCUT2D eigenvalue weighted by molar-refractivity contribution is 7.99. The number of hydrogen-bond donors (Lipinski definition) is 0. The fourth-order valence-corrected chi connectivity index (χ4v) is 3.88. The van der Waals surface area contributed by atoms with Crippen molar-refractivity contribution < 1.29 is 27.7 Å². The Morgan fingerprint density at radius 2 is 1.93 bits per heavy atom. The summed E-state index contributed by atoms with van der Waals surface area (Å²) in [6, 6.07) is 4.94. The van der Waals surface area contributed by atoms with Crippen molar-refractivity contribution in [1.29, 1.82) is 0 Å². The Hall–Kier alpha value is -2.34. The average molecular weight is 438 g/mol. The van der Waals surface area contributed by atoms with Gasteiger partial charge in [0.25, 0.3) is 0 Å². The van der Waals surface area contributed by atoms with E-state index in [0.717, 1.165) is 29.1 Å². The van der Waals surface area contributed by atoms with E-state index in [-0.39, 0.29) is 18.9 Å². The van der Waals surface area contributed by atoms with Gasteiger partial charge in [0.2, 0.25) is 0 Å². The number of aromatic nitrogens is 2. The zero-order valence-corrected chi connectivity index (χ0v) is 17.4. The zero-order valence-electron chi connectivity index (χ0n) is 16.6. The second-order valence-corrected chi connectivity index (χ2v) is 8.23. The smallest absolute Gasteiger partial charge is 0.493 e. The van der Waals surface area contributed by atoms with Gasteiger partial charge in [-0.3, -0.25) is 14.5 Å². The highest BCUT2D eigenvalue weighted by Gasteiger charge is 2.38. The number of likely N-dealkylation sites (N-methyl/N-ethyl adjacent to an activating group) is 1. The minimum Gasteiger partial charge on any atom is -0.493 e. The highest BCUT2D eigenvalue weighted by atomic mass is 32.2. The lowest BCUT2D eigenvalue weighted by Crippen LogP contribution is -2.50. The molecule has 160 valence electrons. The molecule has 0 aromatic carbocycles. The maximum absolute atomic E-state index is 13.3. The Balaban J connectivity index is 1.76. The molecule has 0 atom stereocenters. The minimum atomic E-state index is -2.71. The van der Waals surface area contributed by atoms with E-state index < -0.39 is 25.6 Å². The standard InChI is InChI=1S/C18H21BF2N4O4S/c1-23-9-15(26)28-19(29-16(27)10-23)13-7-12-5-6-14(25(30-2)18(20)21)22-17(12)24(13)8-11-3-4-11/h5-7,11,18H,3-4,8-10H2,1-2H3. The maximum Gasteiger partial charge on any atom is 0.654 e. The third-order valence-corrected chi connectivity index (χ3v) is 5.76. The van der Waals surface area contributed by atoms with E-state index in [2.05, 4.69) is 4.98 Å². The lowest BCUT2D eigenvalue weighted by atomic mass is 9.83. The van der Waals surface area contributed by atoms with Gasteiger partial charge >= 0.3 is 25.6 Å². The molecule has 12 heteroatoms. The van der Waals surface area contributed by atoms with Gasteiger partial charge in [0.1, 0.15) is 11.5 Å². The zero-order chi connectivity index (χ0) is 21.4. The summed E-state index contributed by atoms with van der Waals surface area (Å²) in [5, 5.41) is 0.691. The molecule has 2 fully saturated rings. The number of halogens is 2. The van der Waals surface area contributed by atoms with E-state index in [0.29, 0.717) is 29.1 Å². The van der Waals surface area contributed by atoms with Crippen LogP contribution in [-0.4, -0.2) is 66.5 Å². The molecule has 2 aromatic rings. The third kappa shape index (κ3) is 4.39. The Bertz CT molecular complexity index is 951. The van der Waals surface area contributed by atoms with Crippen LogP contribution in [0.15, 0.2) is 18.2 Å². The fraction of sp³-hybridized carbons (Fsp3) is 0.500. The van der Waals surface area contributed by atoms with Crippen molar-refractivity contribution in [1.82, 2.24) is 14.5 Å².